The lowest BCUT2D eigenvalue weighted by molar-refractivity contribution is -0.187. The molecule has 3 heterocycles. The average Bonchev–Trinajstić information content (AvgIpc) is 1.64. The van der Waals surface area contributed by atoms with Crippen LogP contribution in [0.4, 0.5) is 14.9 Å². The van der Waals surface area contributed by atoms with Crippen LogP contribution in [0.5, 0.6) is 0 Å². The molecule has 11 atom stereocenters. The number of rotatable bonds is 25. The van der Waals surface area contributed by atoms with Gasteiger partial charge < -0.3 is 55.0 Å². The largest absolute Gasteiger partial charge is 0.462 e. The number of amides is 5. The predicted molar refractivity (Wildman–Crippen MR) is 328 cm³/mol. The first-order valence-corrected chi connectivity index (χ1v) is 30.9. The number of ketones is 2. The molecule has 3 aliphatic heterocycles. The zero-order chi connectivity index (χ0) is 64.8. The highest BCUT2D eigenvalue weighted by molar-refractivity contribution is 9.09. The highest BCUT2D eigenvalue weighted by Crippen LogP contribution is 2.50. The molecule has 0 spiro atoms. The number of alkyl halides is 1. The number of methoxy groups -OCH3 is 1. The summed E-state index contributed by atoms with van der Waals surface area (Å²) in [5.74, 6) is -7.52. The van der Waals surface area contributed by atoms with Crippen molar-refractivity contribution in [1.29, 1.82) is 0 Å². The van der Waals surface area contributed by atoms with Crippen molar-refractivity contribution in [2.24, 2.45) is 23.5 Å². The Balaban J connectivity index is 1.31. The van der Waals surface area contributed by atoms with Gasteiger partial charge in [0.05, 0.1) is 47.4 Å². The summed E-state index contributed by atoms with van der Waals surface area (Å²) in [4.78, 5) is 123. The van der Waals surface area contributed by atoms with Gasteiger partial charge in [0.1, 0.15) is 47.2 Å². The van der Waals surface area contributed by atoms with E-state index in [1.165, 1.54) is 38.1 Å². The van der Waals surface area contributed by atoms with E-state index in [2.05, 4.69) is 33.1 Å². The molecular weight excluding hydrogens is 1210 g/mol. The second-order valence-corrected chi connectivity index (χ2v) is 24.9. The first-order valence-electron chi connectivity index (χ1n) is 29.4. The number of nitrogens with one attached hydrogen (secondary N) is 2. The number of aliphatic hydroxyl groups is 1. The molecule has 5 amide bonds. The van der Waals surface area contributed by atoms with E-state index in [1.54, 1.807) is 59.9 Å². The van der Waals surface area contributed by atoms with Crippen molar-refractivity contribution < 1.29 is 76.3 Å². The standard InChI is InChI=1S/C64H86BrClFN5O15/c1-35(2)46(30-44(73)19-14-13-18-39(6)84-60(79)38(5)34-65)58(77)70-48(20-16-24-69-62(68)81)50(74)29-42-22-23-45(47(67)27-42)59(78)71(10)41(8)61(80)86-53-31-54(75)72(11)49-28-43(26-37(4)56(49)66)25-36(3)17-15-21-52(83-12)64(82)32-51(85-55(76)33-64)40(7)57-63(53,9)87-57/h15,17,21-23,26-28,35,39-41,46,48,51-53,57,82H,5,13-14,16,18-20,24-25,29-34H2,1-4,6-12H3,(H,70,77)(H3,68,69,81)/b21-15+,36-17+/t39?,40-,41+,46+,48+,51+,52-,53+,57+,63+,64-/m1/s1. The first kappa shape index (κ1) is 71.4. The quantitative estimate of drug-likeness (QED) is 0.0182. The third kappa shape index (κ3) is 19.3. The number of fused-ring (bicyclic) bond motifs is 5. The maximum atomic E-state index is 16.2. The minimum absolute atomic E-state index is 0.0312. The van der Waals surface area contributed by atoms with Crippen molar-refractivity contribution in [2.75, 3.05) is 38.0 Å². The summed E-state index contributed by atoms with van der Waals surface area (Å²) in [5.41, 5.74) is 5.09. The molecule has 20 nitrogen and oxygen atoms in total. The fourth-order valence-corrected chi connectivity index (χ4v) is 11.5. The van der Waals surface area contributed by atoms with Crippen molar-refractivity contribution in [3.63, 3.8) is 0 Å². The molecule has 478 valence electrons. The molecule has 4 bridgehead atoms. The Morgan fingerprint density at radius 3 is 2.39 bits per heavy atom. The number of nitrogens with two attached hydrogens (primary N) is 1. The Labute approximate surface area is 522 Å². The summed E-state index contributed by atoms with van der Waals surface area (Å²) in [7, 11) is 4.26. The van der Waals surface area contributed by atoms with E-state index in [9.17, 15) is 48.3 Å². The van der Waals surface area contributed by atoms with Crippen LogP contribution in [0.25, 0.3) is 0 Å². The number of halogens is 3. The minimum Gasteiger partial charge on any atom is -0.462 e. The van der Waals surface area contributed by atoms with E-state index >= 15 is 4.39 Å². The lowest BCUT2D eigenvalue weighted by Gasteiger charge is -2.41. The van der Waals surface area contributed by atoms with Gasteiger partial charge in [0.15, 0.2) is 5.78 Å². The Morgan fingerprint density at radius 2 is 1.75 bits per heavy atom. The van der Waals surface area contributed by atoms with Gasteiger partial charge in [0.2, 0.25) is 11.8 Å². The number of allylic oxidation sites excluding steroid dienone is 3. The summed E-state index contributed by atoms with van der Waals surface area (Å²) in [6, 6.07) is 3.97. The number of anilines is 1. The molecule has 2 aromatic rings. The van der Waals surface area contributed by atoms with E-state index in [4.69, 9.17) is 41.0 Å². The number of likely N-dealkylation sites (N-methyl/N-ethyl adjacent to an activating group) is 1. The molecule has 0 aromatic heterocycles. The van der Waals surface area contributed by atoms with Gasteiger partial charge in [-0.3, -0.25) is 28.8 Å². The van der Waals surface area contributed by atoms with Gasteiger partial charge in [-0.25, -0.2) is 18.8 Å². The van der Waals surface area contributed by atoms with Crippen molar-refractivity contribution in [1.82, 2.24) is 15.5 Å². The van der Waals surface area contributed by atoms with Crippen LogP contribution in [-0.4, -0.2) is 150 Å². The number of esters is 3. The van der Waals surface area contributed by atoms with Crippen molar-refractivity contribution in [3.05, 3.63) is 99.4 Å². The van der Waals surface area contributed by atoms with Gasteiger partial charge in [-0.1, -0.05) is 90.8 Å². The molecule has 5 rings (SSSR count). The number of carbonyl (C=O) groups excluding carboxylic acids is 9. The van der Waals surface area contributed by atoms with E-state index in [0.29, 0.717) is 47.5 Å². The number of Topliss-reactive ketones (excluding diaryl/α,β-unsaturated/α-hetero) is 2. The number of hydrogen-bond donors (Lipinski definition) is 4. The van der Waals surface area contributed by atoms with Crippen molar-refractivity contribution in [2.45, 2.75) is 186 Å². The summed E-state index contributed by atoms with van der Waals surface area (Å²) >= 11 is 10.0. The molecule has 2 aromatic carbocycles. The Morgan fingerprint density at radius 1 is 1.05 bits per heavy atom. The highest BCUT2D eigenvalue weighted by Gasteiger charge is 2.64. The second-order valence-electron chi connectivity index (χ2n) is 24.0. The zero-order valence-corrected chi connectivity index (χ0v) is 54.1. The number of epoxide rings is 1. The maximum absolute atomic E-state index is 16.2. The van der Waals surface area contributed by atoms with Gasteiger partial charge >= 0.3 is 23.9 Å². The second kappa shape index (κ2) is 31.7. The van der Waals surface area contributed by atoms with Crippen LogP contribution in [0.3, 0.4) is 0 Å². The van der Waals surface area contributed by atoms with Gasteiger partial charge in [0.25, 0.3) is 5.91 Å². The smallest absolute Gasteiger partial charge is 0.334 e. The van der Waals surface area contributed by atoms with Gasteiger partial charge in [-0.05, 0) is 114 Å². The van der Waals surface area contributed by atoms with Crippen LogP contribution >= 0.6 is 27.5 Å². The number of unbranched alkanes of at least 4 members (excludes halogenated alkanes) is 1. The zero-order valence-electron chi connectivity index (χ0n) is 51.8. The lowest BCUT2D eigenvalue weighted by Crippen LogP contribution is -2.53. The fourth-order valence-electron chi connectivity index (χ4n) is 11.0. The predicted octanol–water partition coefficient (Wildman–Crippen LogP) is 8.24. The number of primary amides is 1. The molecular formula is C64H86BrClFN5O15. The molecule has 0 radical (unpaired) electrons. The number of hydrogen-bond acceptors (Lipinski definition) is 15. The molecule has 0 saturated carbocycles. The van der Waals surface area contributed by atoms with Crippen LogP contribution in [0.15, 0.2) is 66.3 Å². The van der Waals surface area contributed by atoms with Crippen molar-refractivity contribution in [3.8, 4) is 0 Å². The maximum Gasteiger partial charge on any atom is 0.334 e. The van der Waals surface area contributed by atoms with Crippen LogP contribution < -0.4 is 21.3 Å². The molecule has 1 unspecified atom stereocenters. The number of ether oxygens (including phenoxy) is 5. The fraction of sp³-hybridized carbons (Fsp3) is 0.578. The minimum atomic E-state index is -1.67. The Bertz CT molecular complexity index is 2970. The highest BCUT2D eigenvalue weighted by atomic mass is 79.9. The number of nitrogens with zero attached hydrogens (tertiary/aromatic N) is 2. The van der Waals surface area contributed by atoms with E-state index in [1.807, 2.05) is 26.0 Å². The normalized spacial score (nSPS) is 24.6. The molecule has 2 saturated heterocycles. The molecule has 87 heavy (non-hydrogen) atoms. The van der Waals surface area contributed by atoms with Crippen LogP contribution in [-0.2, 0) is 70.1 Å². The third-order valence-electron chi connectivity index (χ3n) is 16.7. The summed E-state index contributed by atoms with van der Waals surface area (Å²) in [6.07, 6.45) is 2.27. The molecule has 2 fully saturated rings. The lowest BCUT2D eigenvalue weighted by atomic mass is 9.78. The molecule has 3 aliphatic rings. The van der Waals surface area contributed by atoms with Crippen molar-refractivity contribution >= 4 is 86.4 Å². The number of benzene rings is 2. The number of urea groups is 1. The van der Waals surface area contributed by atoms with E-state index in [-0.39, 0.29) is 80.2 Å². The third-order valence-corrected chi connectivity index (χ3v) is 17.9. The number of carbonyl (C=O) groups is 9. The molecule has 5 N–H and O–H groups in total. The van der Waals surface area contributed by atoms with Crippen LogP contribution in [0.2, 0.25) is 5.02 Å². The molecule has 0 aliphatic carbocycles. The van der Waals surface area contributed by atoms with Gasteiger partial charge in [0, 0.05) is 76.2 Å². The van der Waals surface area contributed by atoms with Crippen LogP contribution in [0.1, 0.15) is 140 Å². The van der Waals surface area contributed by atoms with Crippen LogP contribution in [0, 0.1) is 30.5 Å². The van der Waals surface area contributed by atoms with Gasteiger partial charge in [-0.15, -0.1) is 0 Å². The van der Waals surface area contributed by atoms with Gasteiger partial charge in [-0.2, -0.15) is 0 Å². The topological polar surface area (TPSA) is 280 Å². The first-order chi connectivity index (χ1) is 40.8. The summed E-state index contributed by atoms with van der Waals surface area (Å²) in [5, 5.41) is 17.9. The van der Waals surface area contributed by atoms with E-state index < -0.39 is 125 Å². The SMILES string of the molecule is C=C(CBr)C(=O)OC(C)CCCCC(=O)C[C@H](C(=O)N[C@@H](CCCNC(N)=O)C(=O)Cc1ccc(C(=O)N(C)[C@@H](C)C(=O)O[C@H]2CC(=O)N(C)c3cc(cc(C)c3Cl)C/C(C)=C/C=C/[C@@H](OC)[C@]3(O)CC(=O)O[C@@H](C3)[C@@H](C)[C@@H]3O[C@@]23C)c(F)c1)C(C)C. The number of aryl methyl sites for hydroxylation is 1. The Hall–Kier alpha value is -6.33. The molecule has 23 heteroatoms. The Kier molecular flexibility index (Phi) is 26.0. The van der Waals surface area contributed by atoms with E-state index in [0.717, 1.165) is 22.1 Å². The monoisotopic (exact) mass is 1300 g/mol. The summed E-state index contributed by atoms with van der Waals surface area (Å²) < 4.78 is 45.6. The summed E-state index contributed by atoms with van der Waals surface area (Å²) in [6.45, 7) is 17.6. The average molecular weight is 1300 g/mol.